The van der Waals surface area contributed by atoms with Gasteiger partial charge in [0.15, 0.2) is 5.78 Å². The predicted octanol–water partition coefficient (Wildman–Crippen LogP) is 2.49. The number of ketones is 1. The highest BCUT2D eigenvalue weighted by molar-refractivity contribution is 5.89. The number of carbonyl (C=O) groups is 1. The molecule has 0 saturated heterocycles. The van der Waals surface area contributed by atoms with Gasteiger partial charge in [0.2, 0.25) is 0 Å². The average Bonchev–Trinajstić information content (AvgIpc) is 1.99. The smallest absolute Gasteiger partial charge is 0.155 e. The van der Waals surface area contributed by atoms with Gasteiger partial charge in [0.25, 0.3) is 0 Å². The Morgan fingerprint density at radius 1 is 1.50 bits per heavy atom. The van der Waals surface area contributed by atoms with Crippen LogP contribution in [0.15, 0.2) is 24.8 Å². The lowest BCUT2D eigenvalue weighted by Gasteiger charge is -1.97. The molecular formula is C9H14O. The Hall–Kier alpha value is -0.850. The Morgan fingerprint density at radius 2 is 2.10 bits per heavy atom. The maximum atomic E-state index is 10.7. The summed E-state index contributed by atoms with van der Waals surface area (Å²) < 4.78 is 0. The molecule has 0 spiro atoms. The molecule has 1 heteroatoms. The van der Waals surface area contributed by atoms with Crippen molar-refractivity contribution >= 4 is 5.78 Å². The lowest BCUT2D eigenvalue weighted by Crippen LogP contribution is -1.91. The molecule has 0 rings (SSSR count). The Labute approximate surface area is 62.4 Å². The molecule has 0 unspecified atom stereocenters. The molecule has 10 heavy (non-hydrogen) atoms. The molecule has 1 nitrogen and oxygen atoms in total. The summed E-state index contributed by atoms with van der Waals surface area (Å²) in [5.41, 5.74) is 1.13. The van der Waals surface area contributed by atoms with Crippen LogP contribution < -0.4 is 0 Å². The number of hydrogen-bond acceptors (Lipinski definition) is 1. The first-order chi connectivity index (χ1) is 4.70. The molecule has 0 aromatic rings. The summed E-state index contributed by atoms with van der Waals surface area (Å²) in [7, 11) is 0. The zero-order chi connectivity index (χ0) is 7.98. The van der Waals surface area contributed by atoms with E-state index in [1.54, 1.807) is 0 Å². The molecule has 0 amide bonds. The summed E-state index contributed by atoms with van der Waals surface area (Å²) in [5, 5.41) is 0. The highest BCUT2D eigenvalue weighted by Crippen LogP contribution is 2.06. The lowest BCUT2D eigenvalue weighted by molar-refractivity contribution is -0.114. The second-order valence-corrected chi connectivity index (χ2v) is 2.27. The Balaban J connectivity index is 3.44. The van der Waals surface area contributed by atoms with Gasteiger partial charge in [-0.05, 0) is 18.9 Å². The third-order valence-corrected chi connectivity index (χ3v) is 1.45. The molecule has 0 aliphatic carbocycles. The van der Waals surface area contributed by atoms with Crippen molar-refractivity contribution in [2.45, 2.75) is 26.2 Å². The van der Waals surface area contributed by atoms with Crippen molar-refractivity contribution in [2.75, 3.05) is 0 Å². The number of hydrogen-bond donors (Lipinski definition) is 0. The summed E-state index contributed by atoms with van der Waals surface area (Å²) in [6.07, 6.45) is 3.70. The summed E-state index contributed by atoms with van der Waals surface area (Å²) >= 11 is 0. The molecule has 0 aliphatic heterocycles. The topological polar surface area (TPSA) is 17.1 Å². The molecule has 0 N–H and O–H groups in total. The molecule has 0 radical (unpaired) electrons. The Kier molecular flexibility index (Phi) is 4.55. The minimum atomic E-state index is 0.106. The first-order valence-corrected chi connectivity index (χ1v) is 3.52. The van der Waals surface area contributed by atoms with E-state index in [1.165, 1.54) is 6.08 Å². The Morgan fingerprint density at radius 3 is 2.50 bits per heavy atom. The fraction of sp³-hybridized carbons (Fsp3) is 0.444. The van der Waals surface area contributed by atoms with E-state index < -0.39 is 0 Å². The average molecular weight is 138 g/mol. The van der Waals surface area contributed by atoms with Crippen LogP contribution in [0.4, 0.5) is 0 Å². The van der Waals surface area contributed by atoms with E-state index in [0.717, 1.165) is 18.4 Å². The van der Waals surface area contributed by atoms with E-state index in [2.05, 4.69) is 13.2 Å². The van der Waals surface area contributed by atoms with Crippen LogP contribution in [0.3, 0.4) is 0 Å². The normalized spacial score (nSPS) is 8.90. The maximum Gasteiger partial charge on any atom is 0.155 e. The quantitative estimate of drug-likeness (QED) is 0.421. The van der Waals surface area contributed by atoms with Gasteiger partial charge in [0, 0.05) is 6.42 Å². The number of allylic oxidation sites excluding steroid dienone is 2. The van der Waals surface area contributed by atoms with Gasteiger partial charge >= 0.3 is 0 Å². The fourth-order valence-electron chi connectivity index (χ4n) is 0.579. The summed E-state index contributed by atoms with van der Waals surface area (Å²) in [6.45, 7) is 9.22. The van der Waals surface area contributed by atoms with E-state index in [9.17, 15) is 4.79 Å². The van der Waals surface area contributed by atoms with E-state index in [-0.39, 0.29) is 5.78 Å². The van der Waals surface area contributed by atoms with Gasteiger partial charge < -0.3 is 0 Å². The van der Waals surface area contributed by atoms with Gasteiger partial charge in [-0.3, -0.25) is 4.79 Å². The van der Waals surface area contributed by atoms with Crippen molar-refractivity contribution in [3.05, 3.63) is 24.8 Å². The number of rotatable bonds is 5. The second kappa shape index (κ2) is 4.98. The summed E-state index contributed by atoms with van der Waals surface area (Å²) in [5.74, 6) is 0.106. The molecule has 0 aliphatic rings. The summed E-state index contributed by atoms with van der Waals surface area (Å²) in [6, 6.07) is 0. The van der Waals surface area contributed by atoms with Crippen molar-refractivity contribution in [1.82, 2.24) is 0 Å². The highest BCUT2D eigenvalue weighted by Gasteiger charge is 1.95. The largest absolute Gasteiger partial charge is 0.295 e. The second-order valence-electron chi connectivity index (χ2n) is 2.27. The van der Waals surface area contributed by atoms with Crippen LogP contribution in [0, 0.1) is 0 Å². The predicted molar refractivity (Wildman–Crippen MR) is 43.9 cm³/mol. The third-order valence-electron chi connectivity index (χ3n) is 1.45. The standard InChI is InChI=1S/C9H14O/c1-4-8(3)6-7-9(10)5-2/h5H,2-4,6-7H2,1H3. The maximum absolute atomic E-state index is 10.7. The zero-order valence-electron chi connectivity index (χ0n) is 6.52. The van der Waals surface area contributed by atoms with Crippen LogP contribution in [0.2, 0.25) is 0 Å². The van der Waals surface area contributed by atoms with Gasteiger partial charge in [-0.1, -0.05) is 25.7 Å². The van der Waals surface area contributed by atoms with Gasteiger partial charge in [-0.2, -0.15) is 0 Å². The van der Waals surface area contributed by atoms with E-state index >= 15 is 0 Å². The van der Waals surface area contributed by atoms with Crippen LogP contribution in [-0.4, -0.2) is 5.78 Å². The Bertz CT molecular complexity index is 145. The van der Waals surface area contributed by atoms with Crippen LogP contribution in [-0.2, 0) is 4.79 Å². The van der Waals surface area contributed by atoms with Crippen LogP contribution in [0.1, 0.15) is 26.2 Å². The van der Waals surface area contributed by atoms with Crippen molar-refractivity contribution in [3.63, 3.8) is 0 Å². The lowest BCUT2D eigenvalue weighted by atomic mass is 10.1. The first-order valence-electron chi connectivity index (χ1n) is 3.52. The minimum absolute atomic E-state index is 0.106. The minimum Gasteiger partial charge on any atom is -0.295 e. The molecule has 0 bridgehead atoms. The van der Waals surface area contributed by atoms with Gasteiger partial charge in [-0.15, -0.1) is 0 Å². The van der Waals surface area contributed by atoms with Crippen molar-refractivity contribution < 1.29 is 4.79 Å². The highest BCUT2D eigenvalue weighted by atomic mass is 16.1. The SMILES string of the molecule is C=CC(=O)CCC(=C)CC. The molecule has 0 heterocycles. The monoisotopic (exact) mass is 138 g/mol. The zero-order valence-corrected chi connectivity index (χ0v) is 6.52. The van der Waals surface area contributed by atoms with Crippen molar-refractivity contribution in [3.8, 4) is 0 Å². The van der Waals surface area contributed by atoms with Gasteiger partial charge in [-0.25, -0.2) is 0 Å². The molecule has 56 valence electrons. The fourth-order valence-corrected chi connectivity index (χ4v) is 0.579. The summed E-state index contributed by atoms with van der Waals surface area (Å²) in [4.78, 5) is 10.7. The number of carbonyl (C=O) groups excluding carboxylic acids is 1. The third kappa shape index (κ3) is 4.07. The van der Waals surface area contributed by atoms with Crippen molar-refractivity contribution in [1.29, 1.82) is 0 Å². The molecule has 0 atom stereocenters. The van der Waals surface area contributed by atoms with Crippen LogP contribution in [0.5, 0.6) is 0 Å². The molecule has 0 saturated carbocycles. The van der Waals surface area contributed by atoms with E-state index in [0.29, 0.717) is 6.42 Å². The molecular weight excluding hydrogens is 124 g/mol. The molecule has 0 aromatic carbocycles. The van der Waals surface area contributed by atoms with Gasteiger partial charge in [0.05, 0.1) is 0 Å². The van der Waals surface area contributed by atoms with Crippen molar-refractivity contribution in [2.24, 2.45) is 0 Å². The van der Waals surface area contributed by atoms with E-state index in [1.807, 2.05) is 6.92 Å². The van der Waals surface area contributed by atoms with Crippen LogP contribution in [0.25, 0.3) is 0 Å². The van der Waals surface area contributed by atoms with E-state index in [4.69, 9.17) is 0 Å². The molecule has 0 fully saturated rings. The molecule has 0 aromatic heterocycles. The van der Waals surface area contributed by atoms with Gasteiger partial charge in [0.1, 0.15) is 0 Å². The first kappa shape index (κ1) is 9.15. The van der Waals surface area contributed by atoms with Crippen LogP contribution >= 0.6 is 0 Å².